The molecule has 0 amide bonds. The van der Waals surface area contributed by atoms with E-state index in [4.69, 9.17) is 10.5 Å². The lowest BCUT2D eigenvalue weighted by Gasteiger charge is -2.08. The van der Waals surface area contributed by atoms with E-state index in [0.29, 0.717) is 17.9 Å². The Balaban J connectivity index is 2.22. The first-order chi connectivity index (χ1) is 9.60. The fourth-order valence-corrected chi connectivity index (χ4v) is 2.48. The van der Waals surface area contributed by atoms with Crippen LogP contribution < -0.4 is 5.73 Å². The smallest absolute Gasteiger partial charge is 0.340 e. The van der Waals surface area contributed by atoms with E-state index in [9.17, 15) is 9.18 Å². The molecule has 20 heavy (non-hydrogen) atoms. The molecule has 104 valence electrons. The number of rotatable bonds is 4. The standard InChI is InChI=1S/C15H14FNO2S/c1-2-19-15(18)13-9-12(7-8-14(13)17)20-11-5-3-10(16)4-6-11/h3-9H,2,17H2,1H3. The summed E-state index contributed by atoms with van der Waals surface area (Å²) in [5.74, 6) is -0.717. The first-order valence-corrected chi connectivity index (χ1v) is 6.92. The van der Waals surface area contributed by atoms with Crippen LogP contribution in [0.5, 0.6) is 0 Å². The number of benzene rings is 2. The Labute approximate surface area is 120 Å². The molecule has 0 aromatic heterocycles. The fraction of sp³-hybridized carbons (Fsp3) is 0.133. The second kappa shape index (κ2) is 6.43. The summed E-state index contributed by atoms with van der Waals surface area (Å²) in [7, 11) is 0. The van der Waals surface area contributed by atoms with E-state index in [1.807, 2.05) is 6.07 Å². The zero-order chi connectivity index (χ0) is 14.5. The highest BCUT2D eigenvalue weighted by atomic mass is 32.2. The molecule has 0 aliphatic heterocycles. The van der Waals surface area contributed by atoms with Gasteiger partial charge in [0.1, 0.15) is 5.82 Å². The van der Waals surface area contributed by atoms with Gasteiger partial charge in [0.05, 0.1) is 12.2 Å². The third kappa shape index (κ3) is 3.51. The zero-order valence-electron chi connectivity index (χ0n) is 10.9. The van der Waals surface area contributed by atoms with Gasteiger partial charge in [-0.2, -0.15) is 0 Å². The Hall–Kier alpha value is -2.01. The summed E-state index contributed by atoms with van der Waals surface area (Å²) in [5.41, 5.74) is 6.50. The second-order valence-corrected chi connectivity index (χ2v) is 5.17. The zero-order valence-corrected chi connectivity index (χ0v) is 11.7. The van der Waals surface area contributed by atoms with Crippen molar-refractivity contribution in [3.63, 3.8) is 0 Å². The van der Waals surface area contributed by atoms with Crippen molar-refractivity contribution in [3.8, 4) is 0 Å². The van der Waals surface area contributed by atoms with Gasteiger partial charge in [-0.05, 0) is 49.4 Å². The lowest BCUT2D eigenvalue weighted by atomic mass is 10.2. The van der Waals surface area contributed by atoms with E-state index < -0.39 is 5.97 Å². The summed E-state index contributed by atoms with van der Waals surface area (Å²) < 4.78 is 17.8. The molecule has 0 radical (unpaired) electrons. The van der Waals surface area contributed by atoms with E-state index in [1.54, 1.807) is 31.2 Å². The topological polar surface area (TPSA) is 52.3 Å². The van der Waals surface area contributed by atoms with Crippen molar-refractivity contribution in [1.82, 2.24) is 0 Å². The molecule has 0 atom stereocenters. The highest BCUT2D eigenvalue weighted by Gasteiger charge is 2.12. The van der Waals surface area contributed by atoms with Crippen LogP contribution in [-0.2, 0) is 4.74 Å². The Morgan fingerprint density at radius 1 is 1.20 bits per heavy atom. The maximum absolute atomic E-state index is 12.8. The molecule has 2 aromatic rings. The molecular formula is C15H14FNO2S. The van der Waals surface area contributed by atoms with Crippen LogP contribution in [0.15, 0.2) is 52.3 Å². The van der Waals surface area contributed by atoms with Crippen LogP contribution >= 0.6 is 11.8 Å². The van der Waals surface area contributed by atoms with Crippen molar-refractivity contribution in [2.75, 3.05) is 12.3 Å². The Kier molecular flexibility index (Phi) is 4.63. The number of halogens is 1. The van der Waals surface area contributed by atoms with E-state index in [1.165, 1.54) is 23.9 Å². The van der Waals surface area contributed by atoms with Crippen molar-refractivity contribution in [2.45, 2.75) is 16.7 Å². The maximum Gasteiger partial charge on any atom is 0.340 e. The fourth-order valence-electron chi connectivity index (χ4n) is 1.62. The molecular weight excluding hydrogens is 277 g/mol. The molecule has 3 nitrogen and oxygen atoms in total. The first-order valence-electron chi connectivity index (χ1n) is 6.10. The predicted molar refractivity (Wildman–Crippen MR) is 77.3 cm³/mol. The number of anilines is 1. The van der Waals surface area contributed by atoms with Gasteiger partial charge in [0.15, 0.2) is 0 Å². The van der Waals surface area contributed by atoms with Crippen molar-refractivity contribution in [3.05, 3.63) is 53.8 Å². The highest BCUT2D eigenvalue weighted by molar-refractivity contribution is 7.99. The first kappa shape index (κ1) is 14.4. The highest BCUT2D eigenvalue weighted by Crippen LogP contribution is 2.30. The lowest BCUT2D eigenvalue weighted by molar-refractivity contribution is 0.0527. The van der Waals surface area contributed by atoms with Gasteiger partial charge in [0.25, 0.3) is 0 Å². The number of esters is 1. The minimum Gasteiger partial charge on any atom is -0.462 e. The number of ether oxygens (including phenoxy) is 1. The minimum absolute atomic E-state index is 0.279. The molecule has 5 heteroatoms. The van der Waals surface area contributed by atoms with E-state index in [-0.39, 0.29) is 5.82 Å². The van der Waals surface area contributed by atoms with Gasteiger partial charge < -0.3 is 10.5 Å². The molecule has 0 spiro atoms. The Bertz CT molecular complexity index is 614. The third-order valence-electron chi connectivity index (χ3n) is 2.57. The summed E-state index contributed by atoms with van der Waals surface area (Å²) >= 11 is 1.42. The van der Waals surface area contributed by atoms with Gasteiger partial charge in [0.2, 0.25) is 0 Å². The average molecular weight is 291 g/mol. The summed E-state index contributed by atoms with van der Waals surface area (Å²) in [6.07, 6.45) is 0. The number of nitrogens with two attached hydrogens (primary N) is 1. The number of carbonyl (C=O) groups is 1. The van der Waals surface area contributed by atoms with Crippen LogP contribution in [0.3, 0.4) is 0 Å². The molecule has 2 rings (SSSR count). The molecule has 2 N–H and O–H groups in total. The normalized spacial score (nSPS) is 10.3. The Morgan fingerprint density at radius 2 is 1.85 bits per heavy atom. The van der Waals surface area contributed by atoms with Gasteiger partial charge in [-0.25, -0.2) is 9.18 Å². The molecule has 0 unspecified atom stereocenters. The molecule has 0 heterocycles. The van der Waals surface area contributed by atoms with Crippen LogP contribution in [0.25, 0.3) is 0 Å². The summed E-state index contributed by atoms with van der Waals surface area (Å²) in [5, 5.41) is 0. The SMILES string of the molecule is CCOC(=O)c1cc(Sc2ccc(F)cc2)ccc1N. The summed E-state index contributed by atoms with van der Waals surface area (Å²) in [4.78, 5) is 13.5. The van der Waals surface area contributed by atoms with Crippen LogP contribution in [0, 0.1) is 5.82 Å². The monoisotopic (exact) mass is 291 g/mol. The maximum atomic E-state index is 12.8. The number of carbonyl (C=O) groups excluding carboxylic acids is 1. The van der Waals surface area contributed by atoms with Crippen molar-refractivity contribution < 1.29 is 13.9 Å². The third-order valence-corrected chi connectivity index (χ3v) is 3.57. The number of hydrogen-bond donors (Lipinski definition) is 1. The molecule has 0 saturated heterocycles. The second-order valence-electron chi connectivity index (χ2n) is 4.03. The molecule has 0 bridgehead atoms. The van der Waals surface area contributed by atoms with E-state index in [0.717, 1.165) is 9.79 Å². The quantitative estimate of drug-likeness (QED) is 0.688. The molecule has 2 aromatic carbocycles. The van der Waals surface area contributed by atoms with Gasteiger partial charge in [-0.1, -0.05) is 11.8 Å². The van der Waals surface area contributed by atoms with Crippen LogP contribution in [0.2, 0.25) is 0 Å². The van der Waals surface area contributed by atoms with Crippen molar-refractivity contribution in [2.24, 2.45) is 0 Å². The predicted octanol–water partition coefficient (Wildman–Crippen LogP) is 3.74. The average Bonchev–Trinajstić information content (AvgIpc) is 2.43. The van der Waals surface area contributed by atoms with Gasteiger partial charge in [0, 0.05) is 15.5 Å². The van der Waals surface area contributed by atoms with Gasteiger partial charge >= 0.3 is 5.97 Å². The molecule has 0 fully saturated rings. The number of nitrogen functional groups attached to an aromatic ring is 1. The Morgan fingerprint density at radius 3 is 2.50 bits per heavy atom. The van der Waals surface area contributed by atoms with Gasteiger partial charge in [-0.3, -0.25) is 0 Å². The van der Waals surface area contributed by atoms with Crippen molar-refractivity contribution >= 4 is 23.4 Å². The molecule has 0 aliphatic rings. The van der Waals surface area contributed by atoms with Gasteiger partial charge in [-0.15, -0.1) is 0 Å². The lowest BCUT2D eigenvalue weighted by Crippen LogP contribution is -2.07. The summed E-state index contributed by atoms with van der Waals surface area (Å²) in [6.45, 7) is 2.04. The minimum atomic E-state index is -0.438. The molecule has 0 saturated carbocycles. The van der Waals surface area contributed by atoms with Crippen LogP contribution in [0.4, 0.5) is 10.1 Å². The largest absolute Gasteiger partial charge is 0.462 e. The van der Waals surface area contributed by atoms with Crippen LogP contribution in [-0.4, -0.2) is 12.6 Å². The summed E-state index contributed by atoms with van der Waals surface area (Å²) in [6, 6.07) is 11.3. The van der Waals surface area contributed by atoms with Crippen LogP contribution in [0.1, 0.15) is 17.3 Å². The van der Waals surface area contributed by atoms with E-state index >= 15 is 0 Å². The molecule has 0 aliphatic carbocycles. The van der Waals surface area contributed by atoms with Crippen molar-refractivity contribution in [1.29, 1.82) is 0 Å². The van der Waals surface area contributed by atoms with E-state index in [2.05, 4.69) is 0 Å². The number of hydrogen-bond acceptors (Lipinski definition) is 4.